The zero-order valence-electron chi connectivity index (χ0n) is 12.2. The van der Waals surface area contributed by atoms with Crippen LogP contribution in [0.2, 0.25) is 0 Å². The summed E-state index contributed by atoms with van der Waals surface area (Å²) < 4.78 is 50.8. The second-order valence-electron chi connectivity index (χ2n) is 4.60. The molecule has 25 heavy (non-hydrogen) atoms. The van der Waals surface area contributed by atoms with Crippen LogP contribution in [0.25, 0.3) is 0 Å². The van der Waals surface area contributed by atoms with Gasteiger partial charge >= 0.3 is 12.1 Å². The molecule has 0 spiro atoms. The summed E-state index contributed by atoms with van der Waals surface area (Å²) in [5, 5.41) is 5.43. The molecule has 0 atom stereocenters. The average Bonchev–Trinajstić information content (AvgIpc) is 3.00. The first-order valence-corrected chi connectivity index (χ1v) is 7.45. The van der Waals surface area contributed by atoms with Gasteiger partial charge in [-0.3, -0.25) is 14.4 Å². The summed E-state index contributed by atoms with van der Waals surface area (Å²) in [5.41, 5.74) is -1.48. The molecule has 2 N–H and O–H groups in total. The van der Waals surface area contributed by atoms with Crippen LogP contribution in [-0.4, -0.2) is 28.8 Å². The van der Waals surface area contributed by atoms with Gasteiger partial charge in [-0.05, 0) is 12.1 Å². The highest BCUT2D eigenvalue weighted by Gasteiger charge is 2.39. The van der Waals surface area contributed by atoms with Gasteiger partial charge in [0.2, 0.25) is 5.91 Å². The largest absolute Gasteiger partial charge is 0.471 e. The number of hydrogen-bond acceptors (Lipinski definition) is 5. The first kappa shape index (κ1) is 18.5. The van der Waals surface area contributed by atoms with E-state index in [4.69, 9.17) is 0 Å². The standard InChI is InChI=1S/C14H9F4N3O3S/c15-8-3-1-2-7(11(8)21-12(24)14(16,17)18)9(22)6-10(23)20-13-19-4-5-25-13/h1-5H,6H2,(H,21,24)(H,19,20,23). The molecule has 0 fully saturated rings. The number of carbonyl (C=O) groups excluding carboxylic acids is 3. The number of amides is 2. The van der Waals surface area contributed by atoms with Crippen molar-refractivity contribution in [2.24, 2.45) is 0 Å². The van der Waals surface area contributed by atoms with Crippen LogP contribution < -0.4 is 10.6 Å². The van der Waals surface area contributed by atoms with E-state index < -0.39 is 47.3 Å². The monoisotopic (exact) mass is 375 g/mol. The van der Waals surface area contributed by atoms with Crippen molar-refractivity contribution in [1.29, 1.82) is 0 Å². The third kappa shape index (κ3) is 4.83. The van der Waals surface area contributed by atoms with Crippen molar-refractivity contribution in [2.75, 3.05) is 10.6 Å². The van der Waals surface area contributed by atoms with Crippen molar-refractivity contribution < 1.29 is 31.9 Å². The molecule has 2 rings (SSSR count). The summed E-state index contributed by atoms with van der Waals surface area (Å²) in [6.45, 7) is 0. The van der Waals surface area contributed by atoms with Crippen LogP contribution in [-0.2, 0) is 9.59 Å². The highest BCUT2D eigenvalue weighted by molar-refractivity contribution is 7.13. The van der Waals surface area contributed by atoms with Gasteiger partial charge < -0.3 is 10.6 Å². The molecule has 0 aliphatic carbocycles. The Labute approximate surface area is 141 Å². The highest BCUT2D eigenvalue weighted by Crippen LogP contribution is 2.25. The van der Waals surface area contributed by atoms with E-state index in [-0.39, 0.29) is 5.13 Å². The number of anilines is 2. The number of Topliss-reactive ketones (excluding diaryl/α,β-unsaturated/α-hetero) is 1. The van der Waals surface area contributed by atoms with Gasteiger partial charge in [0.05, 0.1) is 12.1 Å². The van der Waals surface area contributed by atoms with E-state index in [9.17, 15) is 31.9 Å². The molecule has 1 aromatic carbocycles. The minimum Gasteiger partial charge on any atom is -0.315 e. The van der Waals surface area contributed by atoms with E-state index in [1.54, 1.807) is 5.38 Å². The molecule has 2 amide bonds. The summed E-state index contributed by atoms with van der Waals surface area (Å²) in [5.74, 6) is -5.41. The lowest BCUT2D eigenvalue weighted by Gasteiger charge is -2.12. The molecule has 2 aromatic rings. The zero-order chi connectivity index (χ0) is 18.6. The topological polar surface area (TPSA) is 88.2 Å². The summed E-state index contributed by atoms with van der Waals surface area (Å²) in [6, 6.07) is 2.86. The Hall–Kier alpha value is -2.82. The number of nitrogens with one attached hydrogen (secondary N) is 2. The number of halogens is 4. The molecule has 1 aromatic heterocycles. The fourth-order valence-electron chi connectivity index (χ4n) is 1.76. The van der Waals surface area contributed by atoms with Crippen molar-refractivity contribution in [3.05, 3.63) is 41.2 Å². The van der Waals surface area contributed by atoms with Crippen molar-refractivity contribution in [1.82, 2.24) is 4.98 Å². The van der Waals surface area contributed by atoms with E-state index in [1.165, 1.54) is 11.5 Å². The second-order valence-corrected chi connectivity index (χ2v) is 5.49. The van der Waals surface area contributed by atoms with Gasteiger partial charge in [0.15, 0.2) is 10.9 Å². The molecule has 0 saturated heterocycles. The molecule has 132 valence electrons. The smallest absolute Gasteiger partial charge is 0.315 e. The number of nitrogens with zero attached hydrogens (tertiary/aromatic N) is 1. The van der Waals surface area contributed by atoms with E-state index in [1.807, 2.05) is 0 Å². The molecule has 0 bridgehead atoms. The Morgan fingerprint density at radius 3 is 2.48 bits per heavy atom. The van der Waals surface area contributed by atoms with Crippen LogP contribution in [0.4, 0.5) is 28.4 Å². The summed E-state index contributed by atoms with van der Waals surface area (Å²) in [4.78, 5) is 38.6. The Morgan fingerprint density at radius 2 is 1.88 bits per heavy atom. The second kappa shape index (κ2) is 7.38. The molecule has 0 aliphatic rings. The fourth-order valence-corrected chi connectivity index (χ4v) is 2.30. The van der Waals surface area contributed by atoms with E-state index in [0.29, 0.717) is 0 Å². The van der Waals surface area contributed by atoms with Crippen molar-refractivity contribution in [2.45, 2.75) is 12.6 Å². The Kier molecular flexibility index (Phi) is 5.47. The number of aromatic nitrogens is 1. The van der Waals surface area contributed by atoms with Crippen LogP contribution in [0.3, 0.4) is 0 Å². The molecule has 0 aliphatic heterocycles. The van der Waals surface area contributed by atoms with Crippen LogP contribution >= 0.6 is 11.3 Å². The van der Waals surface area contributed by atoms with Gasteiger partial charge in [-0.25, -0.2) is 9.37 Å². The van der Waals surface area contributed by atoms with E-state index in [0.717, 1.165) is 29.5 Å². The molecule has 6 nitrogen and oxygen atoms in total. The summed E-state index contributed by atoms with van der Waals surface area (Å²) in [6.07, 6.45) is -4.61. The number of alkyl halides is 3. The predicted octanol–water partition coefficient (Wildman–Crippen LogP) is 2.99. The molecule has 0 radical (unpaired) electrons. The third-order valence-electron chi connectivity index (χ3n) is 2.81. The minimum atomic E-state index is -5.26. The van der Waals surface area contributed by atoms with Crippen molar-refractivity contribution in [3.8, 4) is 0 Å². The average molecular weight is 375 g/mol. The lowest BCUT2D eigenvalue weighted by Crippen LogP contribution is -2.31. The number of ketones is 1. The normalized spacial score (nSPS) is 11.0. The molecular formula is C14H9F4N3O3S. The zero-order valence-corrected chi connectivity index (χ0v) is 13.0. The van der Waals surface area contributed by atoms with Crippen LogP contribution in [0.5, 0.6) is 0 Å². The molecule has 0 saturated carbocycles. The Morgan fingerprint density at radius 1 is 1.16 bits per heavy atom. The Balaban J connectivity index is 2.17. The first-order valence-electron chi connectivity index (χ1n) is 6.57. The summed E-state index contributed by atoms with van der Waals surface area (Å²) >= 11 is 1.09. The lowest BCUT2D eigenvalue weighted by atomic mass is 10.0. The number of benzene rings is 1. The van der Waals surface area contributed by atoms with Gasteiger partial charge in [0.25, 0.3) is 0 Å². The van der Waals surface area contributed by atoms with Crippen molar-refractivity contribution in [3.63, 3.8) is 0 Å². The Bertz CT molecular complexity index is 806. The maximum Gasteiger partial charge on any atom is 0.471 e. The maximum atomic E-state index is 13.8. The number of rotatable bonds is 5. The molecule has 0 unspecified atom stereocenters. The fraction of sp³-hybridized carbons (Fsp3) is 0.143. The van der Waals surface area contributed by atoms with Gasteiger partial charge in [-0.2, -0.15) is 13.2 Å². The van der Waals surface area contributed by atoms with E-state index >= 15 is 0 Å². The minimum absolute atomic E-state index is 0.225. The molecular weight excluding hydrogens is 366 g/mol. The van der Waals surface area contributed by atoms with Gasteiger partial charge in [-0.15, -0.1) is 11.3 Å². The van der Waals surface area contributed by atoms with Crippen LogP contribution in [0, 0.1) is 5.82 Å². The highest BCUT2D eigenvalue weighted by atomic mass is 32.1. The lowest BCUT2D eigenvalue weighted by molar-refractivity contribution is -0.167. The number of para-hydroxylation sites is 1. The SMILES string of the molecule is O=C(CC(=O)c1cccc(F)c1NC(=O)C(F)(F)F)Nc1nccs1. The quantitative estimate of drug-likeness (QED) is 0.478. The van der Waals surface area contributed by atoms with Crippen LogP contribution in [0.15, 0.2) is 29.8 Å². The maximum absolute atomic E-state index is 13.8. The third-order valence-corrected chi connectivity index (χ3v) is 3.50. The number of carbonyl (C=O) groups is 3. The first-order chi connectivity index (χ1) is 11.7. The number of hydrogen-bond donors (Lipinski definition) is 2. The molecule has 1 heterocycles. The molecule has 11 heteroatoms. The van der Waals surface area contributed by atoms with Gasteiger partial charge in [-0.1, -0.05) is 6.07 Å². The van der Waals surface area contributed by atoms with Gasteiger partial charge in [0.1, 0.15) is 5.82 Å². The van der Waals surface area contributed by atoms with E-state index in [2.05, 4.69) is 10.3 Å². The van der Waals surface area contributed by atoms with Crippen LogP contribution in [0.1, 0.15) is 16.8 Å². The predicted molar refractivity (Wildman–Crippen MR) is 80.8 cm³/mol. The number of thiazole rings is 1. The van der Waals surface area contributed by atoms with Gasteiger partial charge in [0, 0.05) is 17.1 Å². The summed E-state index contributed by atoms with van der Waals surface area (Å²) in [7, 11) is 0. The van der Waals surface area contributed by atoms with Crippen molar-refractivity contribution >= 4 is 39.8 Å².